The summed E-state index contributed by atoms with van der Waals surface area (Å²) in [5.74, 6) is -0.349. The van der Waals surface area contributed by atoms with Gasteiger partial charge in [-0.05, 0) is 54.5 Å². The third-order valence-corrected chi connectivity index (χ3v) is 3.87. The summed E-state index contributed by atoms with van der Waals surface area (Å²) in [6.07, 6.45) is 7.11. The number of aliphatic carboxylic acids is 1. The van der Waals surface area contributed by atoms with Gasteiger partial charge in [-0.3, -0.25) is 0 Å². The van der Waals surface area contributed by atoms with Crippen LogP contribution in [0.5, 0.6) is 11.5 Å². The minimum atomic E-state index is -1.01. The van der Waals surface area contributed by atoms with E-state index in [0.717, 1.165) is 24.7 Å². The maximum Gasteiger partial charge on any atom is 0.343 e. The van der Waals surface area contributed by atoms with Crippen LogP contribution >= 0.6 is 0 Å². The Balaban J connectivity index is 1.85. The zero-order valence-corrected chi connectivity index (χ0v) is 15.4. The first kappa shape index (κ1) is 20.2. The van der Waals surface area contributed by atoms with Gasteiger partial charge >= 0.3 is 11.9 Å². The van der Waals surface area contributed by atoms with Crippen molar-refractivity contribution in [3.8, 4) is 11.5 Å². The summed E-state index contributed by atoms with van der Waals surface area (Å²) in [6.45, 7) is 2.84. The minimum Gasteiger partial charge on any atom is -0.494 e. The molecule has 0 aromatic heterocycles. The average molecular weight is 368 g/mol. The van der Waals surface area contributed by atoms with Crippen LogP contribution in [0.25, 0.3) is 6.08 Å². The monoisotopic (exact) mass is 368 g/mol. The number of carboxylic acids is 1. The third-order valence-electron chi connectivity index (χ3n) is 3.87. The standard InChI is InChI=1S/C22H24O5/c1-2-3-4-5-16-26-19-13-9-18(10-14-19)22(25)27-20-11-6-17(7-12-20)8-15-21(23)24/h6-15H,2-5,16H2,1H3,(H,23,24)/b15-8+. The number of rotatable bonds is 10. The Bertz CT molecular complexity index is 760. The second-order valence-electron chi connectivity index (χ2n) is 6.06. The fraction of sp³-hybridized carbons (Fsp3) is 0.273. The quantitative estimate of drug-likeness (QED) is 0.278. The summed E-state index contributed by atoms with van der Waals surface area (Å²) in [4.78, 5) is 22.7. The van der Waals surface area contributed by atoms with Crippen LogP contribution in [-0.4, -0.2) is 23.7 Å². The highest BCUT2D eigenvalue weighted by Gasteiger charge is 2.08. The van der Waals surface area contributed by atoms with Crippen molar-refractivity contribution in [2.24, 2.45) is 0 Å². The lowest BCUT2D eigenvalue weighted by atomic mass is 10.2. The predicted octanol–water partition coefficient (Wildman–Crippen LogP) is 4.96. The Morgan fingerprint density at radius 2 is 1.59 bits per heavy atom. The van der Waals surface area contributed by atoms with Crippen molar-refractivity contribution in [3.05, 3.63) is 65.7 Å². The lowest BCUT2D eigenvalue weighted by Gasteiger charge is -2.08. The maximum absolute atomic E-state index is 12.2. The molecule has 0 radical (unpaired) electrons. The van der Waals surface area contributed by atoms with Crippen LogP contribution in [0.15, 0.2) is 54.6 Å². The van der Waals surface area contributed by atoms with Gasteiger partial charge in [0.15, 0.2) is 0 Å². The summed E-state index contributed by atoms with van der Waals surface area (Å²) in [7, 11) is 0. The highest BCUT2D eigenvalue weighted by Crippen LogP contribution is 2.17. The molecule has 2 aromatic carbocycles. The van der Waals surface area contributed by atoms with Crippen molar-refractivity contribution < 1.29 is 24.2 Å². The van der Waals surface area contributed by atoms with E-state index < -0.39 is 11.9 Å². The van der Waals surface area contributed by atoms with Crippen LogP contribution in [0.1, 0.15) is 48.5 Å². The fourth-order valence-corrected chi connectivity index (χ4v) is 2.39. The molecule has 2 rings (SSSR count). The van der Waals surface area contributed by atoms with Crippen molar-refractivity contribution >= 4 is 18.0 Å². The molecule has 1 N–H and O–H groups in total. The molecule has 0 saturated heterocycles. The Morgan fingerprint density at radius 1 is 0.926 bits per heavy atom. The van der Waals surface area contributed by atoms with Crippen LogP contribution in [0, 0.1) is 0 Å². The number of hydrogen-bond acceptors (Lipinski definition) is 4. The Kier molecular flexibility index (Phi) is 8.10. The second-order valence-corrected chi connectivity index (χ2v) is 6.06. The van der Waals surface area contributed by atoms with Gasteiger partial charge in [-0.25, -0.2) is 9.59 Å². The molecular formula is C22H24O5. The van der Waals surface area contributed by atoms with E-state index in [1.807, 2.05) is 0 Å². The highest BCUT2D eigenvalue weighted by molar-refractivity contribution is 5.91. The smallest absolute Gasteiger partial charge is 0.343 e. The first-order valence-electron chi connectivity index (χ1n) is 9.04. The van der Waals surface area contributed by atoms with Crippen LogP contribution in [-0.2, 0) is 4.79 Å². The molecule has 27 heavy (non-hydrogen) atoms. The van der Waals surface area contributed by atoms with E-state index in [-0.39, 0.29) is 0 Å². The van der Waals surface area contributed by atoms with E-state index in [1.54, 1.807) is 48.5 Å². The Morgan fingerprint density at radius 3 is 2.22 bits per heavy atom. The number of esters is 1. The van der Waals surface area contributed by atoms with Gasteiger partial charge in [0.1, 0.15) is 11.5 Å². The number of carbonyl (C=O) groups is 2. The molecule has 0 aliphatic heterocycles. The molecular weight excluding hydrogens is 344 g/mol. The lowest BCUT2D eigenvalue weighted by molar-refractivity contribution is -0.131. The summed E-state index contributed by atoms with van der Waals surface area (Å²) < 4.78 is 11.0. The van der Waals surface area contributed by atoms with Crippen molar-refractivity contribution in [3.63, 3.8) is 0 Å². The minimum absolute atomic E-state index is 0.392. The molecule has 0 heterocycles. The Labute approximate surface area is 159 Å². The molecule has 0 fully saturated rings. The molecule has 0 aliphatic carbocycles. The van der Waals surface area contributed by atoms with Crippen molar-refractivity contribution in [1.82, 2.24) is 0 Å². The van der Waals surface area contributed by atoms with Crippen molar-refractivity contribution in [2.75, 3.05) is 6.61 Å². The lowest BCUT2D eigenvalue weighted by Crippen LogP contribution is -2.08. The molecule has 5 nitrogen and oxygen atoms in total. The molecule has 0 bridgehead atoms. The van der Waals surface area contributed by atoms with E-state index in [9.17, 15) is 9.59 Å². The normalized spacial score (nSPS) is 10.7. The van der Waals surface area contributed by atoms with Gasteiger partial charge in [-0.2, -0.15) is 0 Å². The van der Waals surface area contributed by atoms with Gasteiger partial charge in [0.05, 0.1) is 12.2 Å². The van der Waals surface area contributed by atoms with Crippen LogP contribution < -0.4 is 9.47 Å². The summed E-state index contributed by atoms with van der Waals surface area (Å²) >= 11 is 0. The van der Waals surface area contributed by atoms with Gasteiger partial charge in [0, 0.05) is 6.08 Å². The molecule has 0 atom stereocenters. The zero-order chi connectivity index (χ0) is 19.5. The van der Waals surface area contributed by atoms with Gasteiger partial charge in [0.2, 0.25) is 0 Å². The van der Waals surface area contributed by atoms with Crippen molar-refractivity contribution in [2.45, 2.75) is 32.6 Å². The number of carboxylic acid groups (broad SMARTS) is 1. The number of carbonyl (C=O) groups excluding carboxylic acids is 1. The van der Waals surface area contributed by atoms with E-state index in [4.69, 9.17) is 14.6 Å². The number of hydrogen-bond donors (Lipinski definition) is 1. The summed E-state index contributed by atoms with van der Waals surface area (Å²) in [5, 5.41) is 8.61. The van der Waals surface area contributed by atoms with E-state index in [0.29, 0.717) is 23.5 Å². The summed E-state index contributed by atoms with van der Waals surface area (Å²) in [5.41, 5.74) is 1.14. The summed E-state index contributed by atoms with van der Waals surface area (Å²) in [6, 6.07) is 13.5. The third kappa shape index (κ3) is 7.36. The van der Waals surface area contributed by atoms with Crippen LogP contribution in [0.2, 0.25) is 0 Å². The van der Waals surface area contributed by atoms with Crippen LogP contribution in [0.4, 0.5) is 0 Å². The average Bonchev–Trinajstić information content (AvgIpc) is 2.67. The number of benzene rings is 2. The SMILES string of the molecule is CCCCCCOc1ccc(C(=O)Oc2ccc(/C=C/C(=O)O)cc2)cc1. The first-order chi connectivity index (χ1) is 13.1. The van der Waals surface area contributed by atoms with E-state index in [2.05, 4.69) is 6.92 Å². The first-order valence-corrected chi connectivity index (χ1v) is 9.04. The molecule has 142 valence electrons. The van der Waals surface area contributed by atoms with Gasteiger partial charge in [-0.1, -0.05) is 38.3 Å². The zero-order valence-electron chi connectivity index (χ0n) is 15.4. The van der Waals surface area contributed by atoms with E-state index in [1.165, 1.54) is 18.9 Å². The molecule has 0 amide bonds. The number of ether oxygens (including phenoxy) is 2. The molecule has 0 saturated carbocycles. The molecule has 2 aromatic rings. The highest BCUT2D eigenvalue weighted by atomic mass is 16.5. The Hall–Kier alpha value is -3.08. The predicted molar refractivity (Wildman–Crippen MR) is 104 cm³/mol. The molecule has 0 spiro atoms. The fourth-order valence-electron chi connectivity index (χ4n) is 2.39. The molecule has 0 aliphatic rings. The van der Waals surface area contributed by atoms with Gasteiger partial charge in [0.25, 0.3) is 0 Å². The molecule has 0 unspecified atom stereocenters. The van der Waals surface area contributed by atoms with E-state index >= 15 is 0 Å². The largest absolute Gasteiger partial charge is 0.494 e. The maximum atomic E-state index is 12.2. The van der Waals surface area contributed by atoms with Crippen molar-refractivity contribution in [1.29, 1.82) is 0 Å². The molecule has 5 heteroatoms. The number of unbranched alkanes of at least 4 members (excludes halogenated alkanes) is 3. The second kappa shape index (κ2) is 10.8. The topological polar surface area (TPSA) is 72.8 Å². The van der Waals surface area contributed by atoms with Gasteiger partial charge < -0.3 is 14.6 Å². The van der Waals surface area contributed by atoms with Crippen LogP contribution in [0.3, 0.4) is 0 Å². The van der Waals surface area contributed by atoms with Gasteiger partial charge in [-0.15, -0.1) is 0 Å².